The zero-order valence-electron chi connectivity index (χ0n) is 9.51. The number of carbonyl (C=O) groups is 2. The van der Waals surface area contributed by atoms with Gasteiger partial charge < -0.3 is 5.11 Å². The van der Waals surface area contributed by atoms with E-state index < -0.39 is 11.9 Å². The molecule has 0 radical (unpaired) electrons. The molecule has 0 saturated heterocycles. The summed E-state index contributed by atoms with van der Waals surface area (Å²) < 4.78 is 0. The number of hydrogen-bond donors (Lipinski definition) is 1. The Kier molecular flexibility index (Phi) is 4.23. The molecule has 0 bridgehead atoms. The first-order valence-electron chi connectivity index (χ1n) is 5.36. The number of rotatable bonds is 5. The van der Waals surface area contributed by atoms with Gasteiger partial charge in [0, 0.05) is 5.92 Å². The van der Waals surface area contributed by atoms with Crippen molar-refractivity contribution in [2.75, 3.05) is 0 Å². The number of carboxylic acids is 1. The van der Waals surface area contributed by atoms with Crippen LogP contribution in [0, 0.1) is 5.92 Å². The highest BCUT2D eigenvalue weighted by Crippen LogP contribution is 2.28. The highest BCUT2D eigenvalue weighted by molar-refractivity contribution is 5.97. The fraction of sp³-hybridized carbons (Fsp3) is 0.385. The second-order valence-corrected chi connectivity index (χ2v) is 3.85. The topological polar surface area (TPSA) is 54.4 Å². The molecule has 0 spiro atoms. The third-order valence-electron chi connectivity index (χ3n) is 2.77. The fourth-order valence-corrected chi connectivity index (χ4v) is 1.99. The Bertz CT molecular complexity index is 356. The molecule has 3 nitrogen and oxygen atoms in total. The minimum absolute atomic E-state index is 0.240. The zero-order chi connectivity index (χ0) is 12.1. The standard InChI is InChI=1S/C13H16O3/c1-3-11(10-7-5-4-6-8-10)12(9(2)14)13(15)16/h4-8,11-12H,3H2,1-2H3,(H,15,16). The lowest BCUT2D eigenvalue weighted by Crippen LogP contribution is -2.28. The predicted molar refractivity (Wildman–Crippen MR) is 61.3 cm³/mol. The van der Waals surface area contributed by atoms with Crippen LogP contribution in [-0.2, 0) is 9.59 Å². The van der Waals surface area contributed by atoms with Crippen molar-refractivity contribution >= 4 is 11.8 Å². The van der Waals surface area contributed by atoms with Crippen molar-refractivity contribution in [1.29, 1.82) is 0 Å². The maximum Gasteiger partial charge on any atom is 0.314 e. The van der Waals surface area contributed by atoms with E-state index in [1.807, 2.05) is 37.3 Å². The van der Waals surface area contributed by atoms with Crippen LogP contribution in [0.5, 0.6) is 0 Å². The minimum atomic E-state index is -1.04. The number of carbonyl (C=O) groups excluding carboxylic acids is 1. The molecule has 1 aromatic rings. The van der Waals surface area contributed by atoms with E-state index in [1.165, 1.54) is 6.92 Å². The molecule has 1 N–H and O–H groups in total. The molecule has 2 unspecified atom stereocenters. The van der Waals surface area contributed by atoms with Gasteiger partial charge in [0.25, 0.3) is 0 Å². The normalized spacial score (nSPS) is 14.1. The quantitative estimate of drug-likeness (QED) is 0.775. The molecule has 0 fully saturated rings. The van der Waals surface area contributed by atoms with E-state index >= 15 is 0 Å². The first kappa shape index (κ1) is 12.4. The van der Waals surface area contributed by atoms with Crippen LogP contribution >= 0.6 is 0 Å². The van der Waals surface area contributed by atoms with Gasteiger partial charge in [-0.25, -0.2) is 0 Å². The van der Waals surface area contributed by atoms with Crippen molar-refractivity contribution in [3.8, 4) is 0 Å². The van der Waals surface area contributed by atoms with Gasteiger partial charge in [-0.15, -0.1) is 0 Å². The summed E-state index contributed by atoms with van der Waals surface area (Å²) in [6.07, 6.45) is 0.639. The lowest BCUT2D eigenvalue weighted by atomic mass is 9.82. The summed E-state index contributed by atoms with van der Waals surface area (Å²) in [6, 6.07) is 9.33. The fourth-order valence-electron chi connectivity index (χ4n) is 1.99. The molecule has 86 valence electrons. The molecule has 3 heteroatoms. The Morgan fingerprint density at radius 2 is 1.81 bits per heavy atom. The summed E-state index contributed by atoms with van der Waals surface area (Å²) >= 11 is 0. The van der Waals surface area contributed by atoms with E-state index in [0.29, 0.717) is 6.42 Å². The Morgan fingerprint density at radius 3 is 2.19 bits per heavy atom. The van der Waals surface area contributed by atoms with Crippen LogP contribution in [-0.4, -0.2) is 16.9 Å². The summed E-state index contributed by atoms with van der Waals surface area (Å²) in [7, 11) is 0. The van der Waals surface area contributed by atoms with Gasteiger partial charge >= 0.3 is 5.97 Å². The van der Waals surface area contributed by atoms with Crippen molar-refractivity contribution in [3.63, 3.8) is 0 Å². The average molecular weight is 220 g/mol. The van der Waals surface area contributed by atoms with E-state index in [0.717, 1.165) is 5.56 Å². The Morgan fingerprint density at radius 1 is 1.25 bits per heavy atom. The summed E-state index contributed by atoms with van der Waals surface area (Å²) in [5.41, 5.74) is 0.910. The summed E-state index contributed by atoms with van der Waals surface area (Å²) in [5.74, 6) is -2.50. The molecule has 16 heavy (non-hydrogen) atoms. The first-order valence-corrected chi connectivity index (χ1v) is 5.36. The van der Waals surface area contributed by atoms with Gasteiger partial charge in [0.05, 0.1) is 0 Å². The maximum atomic E-state index is 11.4. The largest absolute Gasteiger partial charge is 0.481 e. The molecule has 0 amide bonds. The number of benzene rings is 1. The van der Waals surface area contributed by atoms with Crippen molar-refractivity contribution in [2.45, 2.75) is 26.2 Å². The smallest absolute Gasteiger partial charge is 0.314 e. The molecule has 0 aliphatic rings. The van der Waals surface area contributed by atoms with Gasteiger partial charge in [0.1, 0.15) is 11.7 Å². The van der Waals surface area contributed by atoms with Gasteiger partial charge in [-0.1, -0.05) is 37.3 Å². The van der Waals surface area contributed by atoms with E-state index in [9.17, 15) is 9.59 Å². The van der Waals surface area contributed by atoms with Gasteiger partial charge in [-0.2, -0.15) is 0 Å². The van der Waals surface area contributed by atoms with Gasteiger partial charge in [-0.05, 0) is 18.9 Å². The molecule has 0 aromatic heterocycles. The molecule has 0 saturated carbocycles. The van der Waals surface area contributed by atoms with E-state index in [1.54, 1.807) is 0 Å². The number of aliphatic carboxylic acids is 1. The van der Waals surface area contributed by atoms with E-state index in [-0.39, 0.29) is 11.7 Å². The van der Waals surface area contributed by atoms with E-state index in [2.05, 4.69) is 0 Å². The SMILES string of the molecule is CCC(c1ccccc1)C(C(C)=O)C(=O)O. The highest BCUT2D eigenvalue weighted by atomic mass is 16.4. The molecule has 2 atom stereocenters. The minimum Gasteiger partial charge on any atom is -0.481 e. The summed E-state index contributed by atoms with van der Waals surface area (Å²) in [4.78, 5) is 22.5. The third-order valence-corrected chi connectivity index (χ3v) is 2.77. The summed E-state index contributed by atoms with van der Waals surface area (Å²) in [5, 5.41) is 9.09. The lowest BCUT2D eigenvalue weighted by molar-refractivity contribution is -0.146. The van der Waals surface area contributed by atoms with Gasteiger partial charge in [0.15, 0.2) is 0 Å². The predicted octanol–water partition coefficient (Wildman–Crippen LogP) is 2.47. The summed E-state index contributed by atoms with van der Waals surface area (Å²) in [6.45, 7) is 3.24. The molecule has 0 heterocycles. The van der Waals surface area contributed by atoms with Crippen molar-refractivity contribution in [3.05, 3.63) is 35.9 Å². The number of ketones is 1. The van der Waals surface area contributed by atoms with Crippen molar-refractivity contribution < 1.29 is 14.7 Å². The lowest BCUT2D eigenvalue weighted by Gasteiger charge is -2.20. The van der Waals surface area contributed by atoms with Gasteiger partial charge in [-0.3, -0.25) is 9.59 Å². The van der Waals surface area contributed by atoms with Crippen LogP contribution in [0.3, 0.4) is 0 Å². The van der Waals surface area contributed by atoms with Gasteiger partial charge in [0.2, 0.25) is 0 Å². The molecular weight excluding hydrogens is 204 g/mol. The number of Topliss-reactive ketones (excluding diaryl/α,β-unsaturated/α-hetero) is 1. The van der Waals surface area contributed by atoms with Crippen LogP contribution in [0.15, 0.2) is 30.3 Å². The van der Waals surface area contributed by atoms with Crippen LogP contribution in [0.25, 0.3) is 0 Å². The average Bonchev–Trinajstić information content (AvgIpc) is 2.25. The zero-order valence-corrected chi connectivity index (χ0v) is 9.51. The monoisotopic (exact) mass is 220 g/mol. The Hall–Kier alpha value is -1.64. The number of carboxylic acid groups (broad SMARTS) is 1. The first-order chi connectivity index (χ1) is 7.57. The van der Waals surface area contributed by atoms with E-state index in [4.69, 9.17) is 5.11 Å². The molecule has 1 aromatic carbocycles. The maximum absolute atomic E-state index is 11.4. The highest BCUT2D eigenvalue weighted by Gasteiger charge is 2.31. The van der Waals surface area contributed by atoms with Crippen LogP contribution in [0.4, 0.5) is 0 Å². The third kappa shape index (κ3) is 2.69. The van der Waals surface area contributed by atoms with Crippen LogP contribution in [0.1, 0.15) is 31.7 Å². The Labute approximate surface area is 95.1 Å². The van der Waals surface area contributed by atoms with Crippen LogP contribution < -0.4 is 0 Å². The van der Waals surface area contributed by atoms with Crippen LogP contribution in [0.2, 0.25) is 0 Å². The van der Waals surface area contributed by atoms with Crippen molar-refractivity contribution in [1.82, 2.24) is 0 Å². The molecular formula is C13H16O3. The molecule has 1 rings (SSSR count). The molecule has 0 aliphatic heterocycles. The molecule has 0 aliphatic carbocycles. The Balaban J connectivity index is 3.05. The second kappa shape index (κ2) is 5.45. The second-order valence-electron chi connectivity index (χ2n) is 3.85. The number of hydrogen-bond acceptors (Lipinski definition) is 2. The van der Waals surface area contributed by atoms with Crippen molar-refractivity contribution in [2.24, 2.45) is 5.92 Å².